The van der Waals surface area contributed by atoms with E-state index in [2.05, 4.69) is 15.5 Å². The van der Waals surface area contributed by atoms with E-state index < -0.39 is 11.4 Å². The summed E-state index contributed by atoms with van der Waals surface area (Å²) in [5.74, 6) is 0.0899. The predicted octanol–water partition coefficient (Wildman–Crippen LogP) is 3.84. The topological polar surface area (TPSA) is 94.0 Å². The maximum absolute atomic E-state index is 13.3. The Bertz CT molecular complexity index is 977. The van der Waals surface area contributed by atoms with Crippen LogP contribution in [0.1, 0.15) is 41.0 Å². The zero-order valence-electron chi connectivity index (χ0n) is 14.1. The van der Waals surface area contributed by atoms with Gasteiger partial charge in [-0.3, -0.25) is 4.79 Å². The molecule has 2 aromatic heterocycles. The van der Waals surface area contributed by atoms with Gasteiger partial charge in [0.25, 0.3) is 11.8 Å². The molecule has 0 radical (unpaired) electrons. The third-order valence-corrected chi connectivity index (χ3v) is 5.69. The van der Waals surface area contributed by atoms with Gasteiger partial charge in [-0.05, 0) is 56.0 Å². The average Bonchev–Trinajstić information content (AvgIpc) is 3.19. The van der Waals surface area contributed by atoms with Crippen LogP contribution in [-0.4, -0.2) is 16.0 Å². The largest absolute Gasteiger partial charge is 0.333 e. The van der Waals surface area contributed by atoms with Gasteiger partial charge in [-0.2, -0.15) is 4.98 Å². The number of hydrogen-bond acceptors (Lipinski definition) is 6. The molecule has 3 aromatic rings. The number of aryl methyl sites for hydroxylation is 1. The number of rotatable bonds is 4. The number of nitrogens with two attached hydrogens (primary N) is 1. The lowest BCUT2D eigenvalue weighted by Gasteiger charge is -2.34. The Balaban J connectivity index is 1.55. The van der Waals surface area contributed by atoms with E-state index >= 15 is 0 Å². The molecule has 0 atom stereocenters. The molecule has 0 saturated heterocycles. The fourth-order valence-electron chi connectivity index (χ4n) is 2.87. The Labute approximate surface area is 153 Å². The zero-order valence-corrected chi connectivity index (χ0v) is 14.9. The second kappa shape index (κ2) is 6.30. The number of anilines is 1. The molecule has 0 aliphatic heterocycles. The summed E-state index contributed by atoms with van der Waals surface area (Å²) in [6, 6.07) is 7.37. The Morgan fingerprint density at radius 2 is 2.19 bits per heavy atom. The zero-order chi connectivity index (χ0) is 18.3. The molecule has 26 heavy (non-hydrogen) atoms. The Kier molecular flexibility index (Phi) is 4.08. The molecule has 1 aliphatic carbocycles. The number of hydrogen-bond donors (Lipinski definition) is 2. The molecule has 1 aliphatic rings. The van der Waals surface area contributed by atoms with Gasteiger partial charge in [-0.1, -0.05) is 11.2 Å². The highest BCUT2D eigenvalue weighted by Crippen LogP contribution is 2.39. The molecule has 1 fully saturated rings. The number of benzene rings is 1. The molecule has 8 heteroatoms. The first kappa shape index (κ1) is 16.9. The monoisotopic (exact) mass is 372 g/mol. The first-order valence-corrected chi connectivity index (χ1v) is 9.07. The number of halogens is 1. The van der Waals surface area contributed by atoms with Crippen LogP contribution >= 0.6 is 11.3 Å². The highest BCUT2D eigenvalue weighted by atomic mass is 32.1. The van der Waals surface area contributed by atoms with Gasteiger partial charge < -0.3 is 15.6 Å². The summed E-state index contributed by atoms with van der Waals surface area (Å²) in [6.07, 6.45) is 2.77. The van der Waals surface area contributed by atoms with Gasteiger partial charge in [0.05, 0.1) is 15.4 Å². The standard InChI is InChI=1S/C18H17FN4O2S/c1-10-8-13(21-15(24)11-4-2-5-12(19)9-11)26-14(10)16-22-17(23-25-16)18(20)6-3-7-18/h2,4-5,8-9H,3,6-7,20H2,1H3,(H,21,24). The highest BCUT2D eigenvalue weighted by molar-refractivity contribution is 7.19. The second-order valence-electron chi connectivity index (χ2n) is 6.52. The van der Waals surface area contributed by atoms with Crippen LogP contribution in [0.3, 0.4) is 0 Å². The number of nitrogens with one attached hydrogen (secondary N) is 1. The molecule has 3 N–H and O–H groups in total. The number of thiophene rings is 1. The van der Waals surface area contributed by atoms with Gasteiger partial charge in [0.1, 0.15) is 5.82 Å². The Hall–Kier alpha value is -2.58. The van der Waals surface area contributed by atoms with Crippen LogP contribution in [0.4, 0.5) is 9.39 Å². The minimum Gasteiger partial charge on any atom is -0.333 e. The molecule has 0 unspecified atom stereocenters. The molecule has 1 saturated carbocycles. The number of carbonyl (C=O) groups is 1. The van der Waals surface area contributed by atoms with Gasteiger partial charge in [0, 0.05) is 5.56 Å². The molecule has 2 heterocycles. The van der Waals surface area contributed by atoms with Crippen molar-refractivity contribution < 1.29 is 13.7 Å². The van der Waals surface area contributed by atoms with Gasteiger partial charge in [-0.15, -0.1) is 11.3 Å². The highest BCUT2D eigenvalue weighted by Gasteiger charge is 2.39. The summed E-state index contributed by atoms with van der Waals surface area (Å²) in [4.78, 5) is 17.5. The minimum absolute atomic E-state index is 0.257. The lowest BCUT2D eigenvalue weighted by Crippen LogP contribution is -2.44. The van der Waals surface area contributed by atoms with Crippen molar-refractivity contribution in [3.8, 4) is 10.8 Å². The third kappa shape index (κ3) is 3.02. The number of carbonyl (C=O) groups excluding carboxylic acids is 1. The van der Waals surface area contributed by atoms with Gasteiger partial charge in [0.2, 0.25) is 0 Å². The molecule has 1 aromatic carbocycles. The Morgan fingerprint density at radius 1 is 1.38 bits per heavy atom. The van der Waals surface area contributed by atoms with Crippen molar-refractivity contribution in [1.29, 1.82) is 0 Å². The van der Waals surface area contributed by atoms with Crippen molar-refractivity contribution >= 4 is 22.2 Å². The molecule has 0 spiro atoms. The van der Waals surface area contributed by atoms with E-state index in [0.29, 0.717) is 16.7 Å². The van der Waals surface area contributed by atoms with E-state index in [-0.39, 0.29) is 11.5 Å². The summed E-state index contributed by atoms with van der Waals surface area (Å²) in [5, 5.41) is 7.42. The lowest BCUT2D eigenvalue weighted by atomic mass is 9.77. The first-order chi connectivity index (χ1) is 12.4. The lowest BCUT2D eigenvalue weighted by molar-refractivity contribution is 0.102. The van der Waals surface area contributed by atoms with Crippen LogP contribution in [0.15, 0.2) is 34.9 Å². The minimum atomic E-state index is -0.485. The van der Waals surface area contributed by atoms with Crippen molar-refractivity contribution in [3.63, 3.8) is 0 Å². The van der Waals surface area contributed by atoms with Gasteiger partial charge in [-0.25, -0.2) is 4.39 Å². The quantitative estimate of drug-likeness (QED) is 0.726. The molecule has 134 valence electrons. The van der Waals surface area contributed by atoms with Crippen LogP contribution in [0.5, 0.6) is 0 Å². The number of nitrogens with zero attached hydrogens (tertiary/aromatic N) is 2. The fourth-order valence-corrected chi connectivity index (χ4v) is 3.86. The summed E-state index contributed by atoms with van der Waals surface area (Å²) >= 11 is 1.33. The molecule has 1 amide bonds. The molecular weight excluding hydrogens is 355 g/mol. The summed E-state index contributed by atoms with van der Waals surface area (Å²) in [5.41, 5.74) is 6.91. The van der Waals surface area contributed by atoms with Crippen molar-refractivity contribution in [2.75, 3.05) is 5.32 Å². The maximum atomic E-state index is 13.3. The van der Waals surface area contributed by atoms with Crippen molar-refractivity contribution in [2.45, 2.75) is 31.7 Å². The number of amides is 1. The van der Waals surface area contributed by atoms with E-state index in [1.807, 2.05) is 13.0 Å². The SMILES string of the molecule is Cc1cc(NC(=O)c2cccc(F)c2)sc1-c1nc(C2(N)CCC2)no1. The summed E-state index contributed by atoms with van der Waals surface area (Å²) in [6.45, 7) is 1.90. The van der Waals surface area contributed by atoms with Crippen LogP contribution < -0.4 is 11.1 Å². The first-order valence-electron chi connectivity index (χ1n) is 8.25. The predicted molar refractivity (Wildman–Crippen MR) is 96.4 cm³/mol. The molecular formula is C18H17FN4O2S. The molecule has 6 nitrogen and oxygen atoms in total. The van der Waals surface area contributed by atoms with E-state index in [9.17, 15) is 9.18 Å². The second-order valence-corrected chi connectivity index (χ2v) is 7.57. The van der Waals surface area contributed by atoms with Crippen LogP contribution in [-0.2, 0) is 5.54 Å². The normalized spacial score (nSPS) is 15.5. The van der Waals surface area contributed by atoms with Gasteiger partial charge in [0.15, 0.2) is 5.82 Å². The van der Waals surface area contributed by atoms with Crippen molar-refractivity contribution in [1.82, 2.24) is 10.1 Å². The van der Waals surface area contributed by atoms with Gasteiger partial charge >= 0.3 is 0 Å². The number of aromatic nitrogens is 2. The summed E-state index contributed by atoms with van der Waals surface area (Å²) < 4.78 is 18.7. The maximum Gasteiger partial charge on any atom is 0.268 e. The van der Waals surface area contributed by atoms with E-state index in [4.69, 9.17) is 10.3 Å². The van der Waals surface area contributed by atoms with E-state index in [0.717, 1.165) is 29.7 Å². The molecule has 4 rings (SSSR count). The van der Waals surface area contributed by atoms with Crippen LogP contribution in [0, 0.1) is 12.7 Å². The van der Waals surface area contributed by atoms with Crippen molar-refractivity contribution in [3.05, 3.63) is 53.1 Å². The Morgan fingerprint density at radius 3 is 2.88 bits per heavy atom. The summed E-state index contributed by atoms with van der Waals surface area (Å²) in [7, 11) is 0. The van der Waals surface area contributed by atoms with Crippen LogP contribution in [0.2, 0.25) is 0 Å². The van der Waals surface area contributed by atoms with Crippen molar-refractivity contribution in [2.24, 2.45) is 5.73 Å². The molecule has 0 bridgehead atoms. The van der Waals surface area contributed by atoms with Crippen LogP contribution in [0.25, 0.3) is 10.8 Å². The fraction of sp³-hybridized carbons (Fsp3) is 0.278. The van der Waals surface area contributed by atoms with E-state index in [1.54, 1.807) is 6.07 Å². The average molecular weight is 372 g/mol. The smallest absolute Gasteiger partial charge is 0.268 e. The van der Waals surface area contributed by atoms with E-state index in [1.165, 1.54) is 29.5 Å². The third-order valence-electron chi connectivity index (χ3n) is 4.55.